The van der Waals surface area contributed by atoms with Crippen molar-refractivity contribution in [3.05, 3.63) is 18.0 Å². The van der Waals surface area contributed by atoms with Gasteiger partial charge in [-0.15, -0.1) is 0 Å². The average Bonchev–Trinajstić information content (AvgIpc) is 3.45. The molecule has 2 amide bonds. The Labute approximate surface area is 175 Å². The average molecular weight is 441 g/mol. The number of hydrogen-bond donors (Lipinski definition) is 2. The number of hydrogen-bond acceptors (Lipinski definition) is 5. The van der Waals surface area contributed by atoms with Gasteiger partial charge in [0.15, 0.2) is 0 Å². The van der Waals surface area contributed by atoms with Gasteiger partial charge in [-0.05, 0) is 37.7 Å². The van der Waals surface area contributed by atoms with Gasteiger partial charge in [-0.1, -0.05) is 0 Å². The van der Waals surface area contributed by atoms with E-state index >= 15 is 0 Å². The Morgan fingerprint density at radius 2 is 1.93 bits per heavy atom. The molecule has 1 aromatic heterocycles. The van der Waals surface area contributed by atoms with Crippen LogP contribution in [0.15, 0.2) is 17.2 Å². The van der Waals surface area contributed by atoms with Crippen LogP contribution >= 0.6 is 11.8 Å². The van der Waals surface area contributed by atoms with Gasteiger partial charge < -0.3 is 15.2 Å². The normalized spacial score (nSPS) is 23.7. The Kier molecular flexibility index (Phi) is 6.21. The molecule has 0 spiro atoms. The fourth-order valence-corrected chi connectivity index (χ4v) is 6.41. The van der Waals surface area contributed by atoms with Crippen LogP contribution in [0.2, 0.25) is 0 Å². The number of sulfonamides is 1. The number of thioether (sulfide) groups is 1. The maximum absolute atomic E-state index is 12.9. The Morgan fingerprint density at radius 3 is 2.66 bits per heavy atom. The highest BCUT2D eigenvalue weighted by Gasteiger charge is 2.32. The molecule has 3 heterocycles. The Morgan fingerprint density at radius 1 is 1.17 bits per heavy atom. The summed E-state index contributed by atoms with van der Waals surface area (Å²) in [7, 11) is -3.59. The van der Waals surface area contributed by atoms with Gasteiger partial charge in [0.05, 0.1) is 5.92 Å². The van der Waals surface area contributed by atoms with Crippen LogP contribution in [0, 0.1) is 11.8 Å². The quantitative estimate of drug-likeness (QED) is 0.690. The van der Waals surface area contributed by atoms with E-state index < -0.39 is 10.0 Å². The van der Waals surface area contributed by atoms with Gasteiger partial charge in [0.2, 0.25) is 15.9 Å². The largest absolute Gasteiger partial charge is 0.356 e. The third-order valence-corrected chi connectivity index (χ3v) is 8.65. The van der Waals surface area contributed by atoms with E-state index in [1.54, 1.807) is 16.7 Å². The first-order chi connectivity index (χ1) is 13.9. The van der Waals surface area contributed by atoms with Crippen molar-refractivity contribution in [1.29, 1.82) is 0 Å². The van der Waals surface area contributed by atoms with Gasteiger partial charge in [-0.2, -0.15) is 16.1 Å². The lowest BCUT2D eigenvalue weighted by atomic mass is 9.97. The molecular formula is C19H28N4O4S2. The van der Waals surface area contributed by atoms with Crippen LogP contribution in [0.1, 0.15) is 36.2 Å². The van der Waals surface area contributed by atoms with Crippen molar-refractivity contribution in [2.45, 2.75) is 30.6 Å². The summed E-state index contributed by atoms with van der Waals surface area (Å²) < 4.78 is 27.1. The summed E-state index contributed by atoms with van der Waals surface area (Å²) in [6.45, 7) is 2.67. The molecule has 0 aromatic carbocycles. The van der Waals surface area contributed by atoms with E-state index in [2.05, 4.69) is 10.3 Å². The third-order valence-electron chi connectivity index (χ3n) is 5.84. The number of piperidine rings is 1. The SMILES string of the molecule is O=C(NCC1CC1)C1CCCN(C(=O)c2cc(S(=O)(=O)N3CCSCC3)c[nH]2)C1. The maximum Gasteiger partial charge on any atom is 0.270 e. The first kappa shape index (κ1) is 20.7. The van der Waals surface area contributed by atoms with Crippen LogP contribution in [0.25, 0.3) is 0 Å². The van der Waals surface area contributed by atoms with E-state index in [4.69, 9.17) is 0 Å². The number of likely N-dealkylation sites (tertiary alicyclic amines) is 1. The van der Waals surface area contributed by atoms with Crippen molar-refractivity contribution < 1.29 is 18.0 Å². The topological polar surface area (TPSA) is 103 Å². The van der Waals surface area contributed by atoms with Crippen LogP contribution in [-0.2, 0) is 14.8 Å². The number of aromatic nitrogens is 1. The minimum absolute atomic E-state index is 0.0205. The fourth-order valence-electron chi connectivity index (χ4n) is 3.84. The summed E-state index contributed by atoms with van der Waals surface area (Å²) in [5.41, 5.74) is 0.258. The highest BCUT2D eigenvalue weighted by Crippen LogP contribution is 2.28. The first-order valence-corrected chi connectivity index (χ1v) is 12.9. The first-order valence-electron chi connectivity index (χ1n) is 10.3. The minimum Gasteiger partial charge on any atom is -0.356 e. The molecule has 2 saturated heterocycles. The molecule has 1 atom stereocenters. The molecule has 1 unspecified atom stereocenters. The van der Waals surface area contributed by atoms with Crippen LogP contribution in [-0.4, -0.2) is 78.7 Å². The van der Waals surface area contributed by atoms with Crippen LogP contribution in [0.3, 0.4) is 0 Å². The lowest BCUT2D eigenvalue weighted by Gasteiger charge is -2.31. The molecule has 160 valence electrons. The Bertz CT molecular complexity index is 859. The highest BCUT2D eigenvalue weighted by molar-refractivity contribution is 7.99. The molecule has 1 aromatic rings. The van der Waals surface area contributed by atoms with Crippen LogP contribution < -0.4 is 5.32 Å². The number of nitrogens with zero attached hydrogens (tertiary/aromatic N) is 2. The van der Waals surface area contributed by atoms with Gasteiger partial charge in [0.25, 0.3) is 5.91 Å². The molecule has 2 N–H and O–H groups in total. The van der Waals surface area contributed by atoms with Crippen molar-refractivity contribution >= 4 is 33.6 Å². The number of carbonyl (C=O) groups is 2. The standard InChI is InChI=1S/C19H28N4O4S2/c24-18(21-11-14-3-4-14)15-2-1-5-22(13-15)19(25)17-10-16(12-20-17)29(26,27)23-6-8-28-9-7-23/h10,12,14-15,20H,1-9,11,13H2,(H,21,24). The van der Waals surface area contributed by atoms with Gasteiger partial charge in [-0.25, -0.2) is 8.42 Å². The molecule has 3 fully saturated rings. The fraction of sp³-hybridized carbons (Fsp3) is 0.684. The van der Waals surface area contributed by atoms with E-state index in [0.717, 1.165) is 30.9 Å². The predicted molar refractivity (Wildman–Crippen MR) is 111 cm³/mol. The van der Waals surface area contributed by atoms with Crippen molar-refractivity contribution in [3.63, 3.8) is 0 Å². The monoisotopic (exact) mass is 440 g/mol. The van der Waals surface area contributed by atoms with Gasteiger partial charge in [0, 0.05) is 50.4 Å². The maximum atomic E-state index is 12.9. The van der Waals surface area contributed by atoms with E-state index in [0.29, 0.717) is 32.1 Å². The molecule has 1 saturated carbocycles. The zero-order valence-electron chi connectivity index (χ0n) is 16.4. The van der Waals surface area contributed by atoms with Gasteiger partial charge in [-0.3, -0.25) is 9.59 Å². The zero-order chi connectivity index (χ0) is 20.4. The van der Waals surface area contributed by atoms with Crippen molar-refractivity contribution in [2.24, 2.45) is 11.8 Å². The second kappa shape index (κ2) is 8.69. The Balaban J connectivity index is 1.39. The molecule has 1 aliphatic carbocycles. The zero-order valence-corrected chi connectivity index (χ0v) is 18.1. The lowest BCUT2D eigenvalue weighted by Crippen LogP contribution is -2.45. The molecule has 0 bridgehead atoms. The van der Waals surface area contributed by atoms with Crippen molar-refractivity contribution in [1.82, 2.24) is 19.5 Å². The van der Waals surface area contributed by atoms with Crippen LogP contribution in [0.5, 0.6) is 0 Å². The number of aromatic amines is 1. The van der Waals surface area contributed by atoms with E-state index in [1.165, 1.54) is 29.4 Å². The van der Waals surface area contributed by atoms with Crippen molar-refractivity contribution in [2.75, 3.05) is 44.2 Å². The number of amides is 2. The predicted octanol–water partition coefficient (Wildman–Crippen LogP) is 1.13. The number of carbonyl (C=O) groups excluding carboxylic acids is 2. The smallest absolute Gasteiger partial charge is 0.270 e. The van der Waals surface area contributed by atoms with Crippen molar-refractivity contribution in [3.8, 4) is 0 Å². The molecule has 10 heteroatoms. The van der Waals surface area contributed by atoms with E-state index in [9.17, 15) is 18.0 Å². The lowest BCUT2D eigenvalue weighted by molar-refractivity contribution is -0.126. The molecule has 2 aliphatic heterocycles. The molecular weight excluding hydrogens is 412 g/mol. The number of rotatable bonds is 6. The number of H-pyrrole nitrogens is 1. The summed E-state index contributed by atoms with van der Waals surface area (Å²) in [4.78, 5) is 29.9. The Hall–Kier alpha value is -1.52. The summed E-state index contributed by atoms with van der Waals surface area (Å²) in [5, 5.41) is 3.00. The summed E-state index contributed by atoms with van der Waals surface area (Å²) in [5.74, 6) is 1.77. The number of nitrogens with one attached hydrogen (secondary N) is 2. The summed E-state index contributed by atoms with van der Waals surface area (Å²) >= 11 is 1.74. The van der Waals surface area contributed by atoms with Gasteiger partial charge >= 0.3 is 0 Å². The molecule has 29 heavy (non-hydrogen) atoms. The molecule has 3 aliphatic rings. The molecule has 4 rings (SSSR count). The summed E-state index contributed by atoms with van der Waals surface area (Å²) in [6, 6.07) is 1.43. The van der Waals surface area contributed by atoms with E-state index in [1.807, 2.05) is 0 Å². The minimum atomic E-state index is -3.59. The van der Waals surface area contributed by atoms with Crippen LogP contribution in [0.4, 0.5) is 0 Å². The molecule has 8 nitrogen and oxygen atoms in total. The summed E-state index contributed by atoms with van der Waals surface area (Å²) in [6.07, 6.45) is 5.31. The van der Waals surface area contributed by atoms with Gasteiger partial charge in [0.1, 0.15) is 10.6 Å². The highest BCUT2D eigenvalue weighted by atomic mass is 32.2. The second-order valence-corrected chi connectivity index (χ2v) is 11.2. The van der Waals surface area contributed by atoms with E-state index in [-0.39, 0.29) is 28.3 Å². The third kappa shape index (κ3) is 4.80. The second-order valence-electron chi connectivity index (χ2n) is 8.04. The molecule has 0 radical (unpaired) electrons.